The number of hydrogen-bond donors (Lipinski definition) is 1. The van der Waals surface area contributed by atoms with Crippen LogP contribution in [-0.4, -0.2) is 26.6 Å². The van der Waals surface area contributed by atoms with Crippen molar-refractivity contribution < 1.29 is 0 Å². The molecule has 2 heterocycles. The second-order valence-electron chi connectivity index (χ2n) is 3.94. The molecule has 86 valence electrons. The number of aryl methyl sites for hydroxylation is 3. The fraction of sp³-hybridized carbons (Fsp3) is 0.455. The average Bonchev–Trinajstić information content (AvgIpc) is 2.77. The molecule has 0 bridgehead atoms. The van der Waals surface area contributed by atoms with Crippen LogP contribution in [0.1, 0.15) is 23.1 Å². The summed E-state index contributed by atoms with van der Waals surface area (Å²) in [7, 11) is 5.85. The Morgan fingerprint density at radius 2 is 2.00 bits per heavy atom. The van der Waals surface area contributed by atoms with Crippen molar-refractivity contribution >= 4 is 0 Å². The molecule has 0 spiro atoms. The van der Waals surface area contributed by atoms with Crippen LogP contribution >= 0.6 is 0 Å². The van der Waals surface area contributed by atoms with E-state index in [2.05, 4.69) is 21.6 Å². The van der Waals surface area contributed by atoms with Crippen LogP contribution in [0, 0.1) is 6.92 Å². The summed E-state index contributed by atoms with van der Waals surface area (Å²) in [5, 5.41) is 11.9. The van der Waals surface area contributed by atoms with Crippen LogP contribution in [0.15, 0.2) is 18.3 Å². The van der Waals surface area contributed by atoms with Crippen LogP contribution in [-0.2, 0) is 14.1 Å². The van der Waals surface area contributed by atoms with E-state index in [4.69, 9.17) is 0 Å². The summed E-state index contributed by atoms with van der Waals surface area (Å²) in [6.07, 6.45) is 1.81. The van der Waals surface area contributed by atoms with Crippen LogP contribution in [0.25, 0.3) is 0 Å². The van der Waals surface area contributed by atoms with Gasteiger partial charge in [0.05, 0.1) is 23.1 Å². The van der Waals surface area contributed by atoms with Crippen molar-refractivity contribution in [3.8, 4) is 0 Å². The maximum Gasteiger partial charge on any atom is 0.0916 e. The normalized spacial score (nSPS) is 13.0. The Kier molecular flexibility index (Phi) is 2.78. The summed E-state index contributed by atoms with van der Waals surface area (Å²) >= 11 is 0. The first-order chi connectivity index (χ1) is 7.63. The first-order valence-corrected chi connectivity index (χ1v) is 5.29. The topological polar surface area (TPSA) is 47.7 Å². The molecule has 2 aromatic rings. The highest BCUT2D eigenvalue weighted by Crippen LogP contribution is 2.20. The van der Waals surface area contributed by atoms with Crippen molar-refractivity contribution in [1.82, 2.24) is 24.9 Å². The fourth-order valence-electron chi connectivity index (χ4n) is 2.02. The average molecular weight is 219 g/mol. The monoisotopic (exact) mass is 219 g/mol. The van der Waals surface area contributed by atoms with Gasteiger partial charge in [-0.05, 0) is 26.1 Å². The third-order valence-corrected chi connectivity index (χ3v) is 2.78. The summed E-state index contributed by atoms with van der Waals surface area (Å²) < 4.78 is 3.78. The number of nitrogens with zero attached hydrogens (tertiary/aromatic N) is 4. The van der Waals surface area contributed by atoms with Gasteiger partial charge >= 0.3 is 0 Å². The van der Waals surface area contributed by atoms with Crippen molar-refractivity contribution in [2.45, 2.75) is 13.0 Å². The molecule has 0 radical (unpaired) electrons. The second-order valence-corrected chi connectivity index (χ2v) is 3.94. The number of hydrogen-bond acceptors (Lipinski definition) is 3. The van der Waals surface area contributed by atoms with Crippen LogP contribution in [0.3, 0.4) is 0 Å². The molecule has 0 fully saturated rings. The van der Waals surface area contributed by atoms with Gasteiger partial charge in [0.15, 0.2) is 0 Å². The molecule has 2 aromatic heterocycles. The quantitative estimate of drug-likeness (QED) is 0.829. The molecule has 0 aliphatic rings. The van der Waals surface area contributed by atoms with E-state index in [1.54, 1.807) is 0 Å². The van der Waals surface area contributed by atoms with Gasteiger partial charge in [0.1, 0.15) is 0 Å². The standard InChI is InChI=1S/C11H17N5/c1-8-7-10(16(4)14-8)11(12-2)9-5-6-13-15(9)3/h5-7,11-12H,1-4H3. The van der Waals surface area contributed by atoms with Gasteiger partial charge in [-0.3, -0.25) is 9.36 Å². The number of rotatable bonds is 3. The van der Waals surface area contributed by atoms with E-state index in [1.165, 1.54) is 0 Å². The van der Waals surface area contributed by atoms with Gasteiger partial charge in [-0.25, -0.2) is 0 Å². The summed E-state index contributed by atoms with van der Waals surface area (Å²) in [5.74, 6) is 0. The fourth-order valence-corrected chi connectivity index (χ4v) is 2.02. The zero-order valence-corrected chi connectivity index (χ0v) is 10.1. The van der Waals surface area contributed by atoms with E-state index in [-0.39, 0.29) is 6.04 Å². The van der Waals surface area contributed by atoms with Gasteiger partial charge in [0.2, 0.25) is 0 Å². The Balaban J connectivity index is 2.44. The van der Waals surface area contributed by atoms with E-state index in [9.17, 15) is 0 Å². The van der Waals surface area contributed by atoms with Crippen molar-refractivity contribution in [1.29, 1.82) is 0 Å². The molecule has 0 aliphatic carbocycles. The lowest BCUT2D eigenvalue weighted by Crippen LogP contribution is -2.23. The Labute approximate surface area is 95.1 Å². The molecule has 0 saturated carbocycles. The molecular weight excluding hydrogens is 202 g/mol. The van der Waals surface area contributed by atoms with Crippen LogP contribution in [0.5, 0.6) is 0 Å². The smallest absolute Gasteiger partial charge is 0.0916 e. The molecule has 5 heteroatoms. The molecule has 0 aliphatic heterocycles. The molecule has 0 aromatic carbocycles. The molecule has 5 nitrogen and oxygen atoms in total. The lowest BCUT2D eigenvalue weighted by atomic mass is 10.1. The highest BCUT2D eigenvalue weighted by atomic mass is 15.3. The minimum Gasteiger partial charge on any atom is -0.307 e. The first-order valence-electron chi connectivity index (χ1n) is 5.29. The minimum atomic E-state index is 0.124. The van der Waals surface area contributed by atoms with E-state index >= 15 is 0 Å². The second kappa shape index (κ2) is 4.09. The maximum absolute atomic E-state index is 4.37. The molecular formula is C11H17N5. The van der Waals surface area contributed by atoms with Crippen LogP contribution < -0.4 is 5.32 Å². The van der Waals surface area contributed by atoms with Gasteiger partial charge < -0.3 is 5.32 Å². The molecule has 0 saturated heterocycles. The number of aromatic nitrogens is 4. The molecule has 2 rings (SSSR count). The van der Waals surface area contributed by atoms with E-state index in [0.717, 1.165) is 17.1 Å². The lowest BCUT2D eigenvalue weighted by Gasteiger charge is -2.16. The van der Waals surface area contributed by atoms with Gasteiger partial charge in [0, 0.05) is 20.3 Å². The highest BCUT2D eigenvalue weighted by Gasteiger charge is 2.18. The van der Waals surface area contributed by atoms with E-state index in [1.807, 2.05) is 49.7 Å². The molecule has 1 N–H and O–H groups in total. The van der Waals surface area contributed by atoms with Gasteiger partial charge in [-0.15, -0.1) is 0 Å². The summed E-state index contributed by atoms with van der Waals surface area (Å²) in [6, 6.07) is 4.23. The van der Waals surface area contributed by atoms with Crippen LogP contribution in [0.2, 0.25) is 0 Å². The summed E-state index contributed by atoms with van der Waals surface area (Å²) in [4.78, 5) is 0. The number of nitrogens with one attached hydrogen (secondary N) is 1. The molecule has 1 atom stereocenters. The molecule has 1 unspecified atom stereocenters. The highest BCUT2D eigenvalue weighted by molar-refractivity contribution is 5.23. The third kappa shape index (κ3) is 1.74. The van der Waals surface area contributed by atoms with Crippen LogP contribution in [0.4, 0.5) is 0 Å². The Morgan fingerprint density at radius 3 is 2.44 bits per heavy atom. The Bertz CT molecular complexity index is 482. The van der Waals surface area contributed by atoms with Crippen molar-refractivity contribution in [2.24, 2.45) is 14.1 Å². The summed E-state index contributed by atoms with van der Waals surface area (Å²) in [5.41, 5.74) is 3.30. The van der Waals surface area contributed by atoms with Gasteiger partial charge in [-0.2, -0.15) is 10.2 Å². The SMILES string of the molecule is CNC(c1ccnn1C)c1cc(C)nn1C. The van der Waals surface area contributed by atoms with Gasteiger partial charge in [0.25, 0.3) is 0 Å². The Hall–Kier alpha value is -1.62. The van der Waals surface area contributed by atoms with E-state index in [0.29, 0.717) is 0 Å². The minimum absolute atomic E-state index is 0.124. The maximum atomic E-state index is 4.37. The predicted octanol–water partition coefficient (Wildman–Crippen LogP) is 0.771. The lowest BCUT2D eigenvalue weighted by molar-refractivity contribution is 0.560. The molecule has 16 heavy (non-hydrogen) atoms. The predicted molar refractivity (Wildman–Crippen MR) is 62.1 cm³/mol. The van der Waals surface area contributed by atoms with Crippen molar-refractivity contribution in [3.05, 3.63) is 35.4 Å². The van der Waals surface area contributed by atoms with Crippen molar-refractivity contribution in [3.63, 3.8) is 0 Å². The molecule has 0 amide bonds. The first kappa shape index (κ1) is 10.9. The zero-order chi connectivity index (χ0) is 11.7. The van der Waals surface area contributed by atoms with Crippen molar-refractivity contribution in [2.75, 3.05) is 7.05 Å². The third-order valence-electron chi connectivity index (χ3n) is 2.78. The Morgan fingerprint density at radius 1 is 1.25 bits per heavy atom. The summed E-state index contributed by atoms with van der Waals surface area (Å²) in [6.45, 7) is 2.00. The largest absolute Gasteiger partial charge is 0.307 e. The zero-order valence-electron chi connectivity index (χ0n) is 10.1. The van der Waals surface area contributed by atoms with E-state index < -0.39 is 0 Å². The van der Waals surface area contributed by atoms with Gasteiger partial charge in [-0.1, -0.05) is 0 Å².